The Labute approximate surface area is 103 Å². The molecule has 17 heavy (non-hydrogen) atoms. The average Bonchev–Trinajstić information content (AvgIpc) is 2.78. The van der Waals surface area contributed by atoms with Gasteiger partial charge in [-0.25, -0.2) is 4.98 Å². The Morgan fingerprint density at radius 3 is 3.18 bits per heavy atom. The number of nitrogens with two attached hydrogens (primary N) is 1. The van der Waals surface area contributed by atoms with Crippen LogP contribution in [-0.4, -0.2) is 35.6 Å². The van der Waals surface area contributed by atoms with E-state index >= 15 is 0 Å². The highest BCUT2D eigenvalue weighted by molar-refractivity contribution is 4.99. The summed E-state index contributed by atoms with van der Waals surface area (Å²) in [6, 6.07) is 0.609. The first-order valence-corrected chi connectivity index (χ1v) is 6.71. The Morgan fingerprint density at radius 1 is 1.53 bits per heavy atom. The number of hydrogen-bond acceptors (Lipinski definition) is 4. The molecule has 0 bridgehead atoms. The van der Waals surface area contributed by atoms with Crippen molar-refractivity contribution in [1.82, 2.24) is 9.88 Å². The van der Waals surface area contributed by atoms with Crippen molar-refractivity contribution in [2.75, 3.05) is 19.6 Å². The van der Waals surface area contributed by atoms with Gasteiger partial charge in [-0.2, -0.15) is 0 Å². The minimum absolute atomic E-state index is 0.609. The van der Waals surface area contributed by atoms with Gasteiger partial charge in [-0.15, -0.1) is 0 Å². The van der Waals surface area contributed by atoms with E-state index < -0.39 is 0 Å². The smallest absolute Gasteiger partial charge is 0.195 e. The first-order valence-electron chi connectivity index (χ1n) is 6.71. The maximum Gasteiger partial charge on any atom is 0.195 e. The molecule has 2 rings (SSSR count). The summed E-state index contributed by atoms with van der Waals surface area (Å²) in [7, 11) is 0. The lowest BCUT2D eigenvalue weighted by molar-refractivity contribution is 0.149. The third-order valence-electron chi connectivity index (χ3n) is 3.57. The lowest BCUT2D eigenvalue weighted by Crippen LogP contribution is -2.40. The summed E-state index contributed by atoms with van der Waals surface area (Å²) in [5.41, 5.74) is 6.50. The van der Waals surface area contributed by atoms with Gasteiger partial charge in [0.15, 0.2) is 5.89 Å². The molecule has 1 atom stereocenters. The fourth-order valence-corrected chi connectivity index (χ4v) is 2.61. The Bertz CT molecular complexity index is 337. The predicted octanol–water partition coefficient (Wildman–Crippen LogP) is 1.59. The number of rotatable bonds is 5. The van der Waals surface area contributed by atoms with Crippen LogP contribution in [0.1, 0.15) is 37.8 Å². The van der Waals surface area contributed by atoms with E-state index in [1.807, 2.05) is 0 Å². The fourth-order valence-electron chi connectivity index (χ4n) is 2.61. The number of oxazole rings is 1. The van der Waals surface area contributed by atoms with E-state index in [0.29, 0.717) is 12.6 Å². The molecule has 1 unspecified atom stereocenters. The Balaban J connectivity index is 1.93. The van der Waals surface area contributed by atoms with Gasteiger partial charge in [-0.1, -0.05) is 13.3 Å². The van der Waals surface area contributed by atoms with Crippen molar-refractivity contribution in [2.45, 2.75) is 45.1 Å². The second kappa shape index (κ2) is 6.17. The minimum Gasteiger partial charge on any atom is -0.449 e. The zero-order valence-corrected chi connectivity index (χ0v) is 10.7. The normalized spacial score (nSPS) is 21.9. The largest absolute Gasteiger partial charge is 0.449 e. The number of hydrogen-bond donors (Lipinski definition) is 1. The van der Waals surface area contributed by atoms with E-state index in [2.05, 4.69) is 16.8 Å². The Hall–Kier alpha value is -0.870. The quantitative estimate of drug-likeness (QED) is 0.845. The van der Waals surface area contributed by atoms with Crippen LogP contribution in [0.25, 0.3) is 0 Å². The summed E-state index contributed by atoms with van der Waals surface area (Å²) in [6.07, 6.45) is 7.43. The molecule has 0 spiro atoms. The van der Waals surface area contributed by atoms with Crippen LogP contribution in [0.4, 0.5) is 0 Å². The summed E-state index contributed by atoms with van der Waals surface area (Å²) in [4.78, 5) is 7.03. The molecule has 0 aromatic carbocycles. The SMILES string of the molecule is CCN1CCCCC1Cc1nc(CCN)co1. The highest BCUT2D eigenvalue weighted by atomic mass is 16.3. The van der Waals surface area contributed by atoms with E-state index in [9.17, 15) is 0 Å². The van der Waals surface area contributed by atoms with Crippen LogP contribution in [0.5, 0.6) is 0 Å². The molecule has 2 heterocycles. The number of nitrogens with zero attached hydrogens (tertiary/aromatic N) is 2. The van der Waals surface area contributed by atoms with Gasteiger partial charge in [0.2, 0.25) is 0 Å². The summed E-state index contributed by atoms with van der Waals surface area (Å²) < 4.78 is 5.52. The fraction of sp³-hybridized carbons (Fsp3) is 0.769. The summed E-state index contributed by atoms with van der Waals surface area (Å²) in [5, 5.41) is 0. The van der Waals surface area contributed by atoms with Crippen molar-refractivity contribution < 1.29 is 4.42 Å². The van der Waals surface area contributed by atoms with Crippen LogP contribution in [0, 0.1) is 0 Å². The van der Waals surface area contributed by atoms with Gasteiger partial charge in [-0.3, -0.25) is 0 Å². The third-order valence-corrected chi connectivity index (χ3v) is 3.57. The molecule has 0 amide bonds. The van der Waals surface area contributed by atoms with Gasteiger partial charge < -0.3 is 15.1 Å². The standard InChI is InChI=1S/C13H23N3O/c1-2-16-8-4-3-5-12(16)9-13-15-11(6-7-14)10-17-13/h10,12H,2-9,14H2,1H3. The summed E-state index contributed by atoms with van der Waals surface area (Å²) in [5.74, 6) is 0.874. The second-order valence-electron chi connectivity index (χ2n) is 4.75. The molecule has 1 fully saturated rings. The van der Waals surface area contributed by atoms with Crippen LogP contribution in [0.15, 0.2) is 10.7 Å². The molecule has 4 heteroatoms. The van der Waals surface area contributed by atoms with Crippen molar-refractivity contribution in [3.8, 4) is 0 Å². The molecular weight excluding hydrogens is 214 g/mol. The molecule has 1 saturated heterocycles. The van der Waals surface area contributed by atoms with Gasteiger partial charge in [-0.05, 0) is 32.5 Å². The number of likely N-dealkylation sites (tertiary alicyclic amines) is 1. The topological polar surface area (TPSA) is 55.3 Å². The lowest BCUT2D eigenvalue weighted by atomic mass is 9.99. The van der Waals surface area contributed by atoms with E-state index in [1.54, 1.807) is 6.26 Å². The molecule has 1 aromatic rings. The van der Waals surface area contributed by atoms with Crippen LogP contribution in [0.3, 0.4) is 0 Å². The van der Waals surface area contributed by atoms with Crippen molar-refractivity contribution >= 4 is 0 Å². The highest BCUT2D eigenvalue weighted by Crippen LogP contribution is 2.20. The summed E-state index contributed by atoms with van der Waals surface area (Å²) in [6.45, 7) is 5.21. The number of piperidine rings is 1. The minimum atomic E-state index is 0.609. The lowest BCUT2D eigenvalue weighted by Gasteiger charge is -2.34. The maximum absolute atomic E-state index is 5.52. The van der Waals surface area contributed by atoms with Crippen LogP contribution in [0.2, 0.25) is 0 Å². The van der Waals surface area contributed by atoms with Crippen LogP contribution < -0.4 is 5.73 Å². The van der Waals surface area contributed by atoms with E-state index in [4.69, 9.17) is 10.2 Å². The zero-order chi connectivity index (χ0) is 12.1. The van der Waals surface area contributed by atoms with Crippen molar-refractivity contribution in [3.63, 3.8) is 0 Å². The van der Waals surface area contributed by atoms with Gasteiger partial charge >= 0.3 is 0 Å². The molecule has 96 valence electrons. The van der Waals surface area contributed by atoms with Gasteiger partial charge in [0, 0.05) is 18.9 Å². The maximum atomic E-state index is 5.52. The number of likely N-dealkylation sites (N-methyl/N-ethyl adjacent to an activating group) is 1. The molecule has 1 aliphatic rings. The van der Waals surface area contributed by atoms with Crippen LogP contribution >= 0.6 is 0 Å². The molecular formula is C13H23N3O. The van der Waals surface area contributed by atoms with Gasteiger partial charge in [0.05, 0.1) is 5.69 Å². The van der Waals surface area contributed by atoms with E-state index in [0.717, 1.165) is 31.0 Å². The molecule has 2 N–H and O–H groups in total. The Morgan fingerprint density at radius 2 is 2.41 bits per heavy atom. The summed E-state index contributed by atoms with van der Waals surface area (Å²) >= 11 is 0. The molecule has 0 saturated carbocycles. The zero-order valence-electron chi connectivity index (χ0n) is 10.7. The Kier molecular flexibility index (Phi) is 4.57. The van der Waals surface area contributed by atoms with Crippen molar-refractivity contribution in [2.24, 2.45) is 5.73 Å². The van der Waals surface area contributed by atoms with Crippen molar-refractivity contribution in [3.05, 3.63) is 17.8 Å². The molecule has 0 radical (unpaired) electrons. The molecule has 4 nitrogen and oxygen atoms in total. The molecule has 1 aromatic heterocycles. The second-order valence-corrected chi connectivity index (χ2v) is 4.75. The monoisotopic (exact) mass is 237 g/mol. The number of aromatic nitrogens is 1. The molecule has 0 aliphatic carbocycles. The van der Waals surface area contributed by atoms with Crippen molar-refractivity contribution in [1.29, 1.82) is 0 Å². The molecule has 1 aliphatic heterocycles. The van der Waals surface area contributed by atoms with E-state index in [-0.39, 0.29) is 0 Å². The van der Waals surface area contributed by atoms with Crippen LogP contribution in [-0.2, 0) is 12.8 Å². The van der Waals surface area contributed by atoms with E-state index in [1.165, 1.54) is 25.8 Å². The average molecular weight is 237 g/mol. The van der Waals surface area contributed by atoms with Gasteiger partial charge in [0.1, 0.15) is 6.26 Å². The first-order chi connectivity index (χ1) is 8.33. The highest BCUT2D eigenvalue weighted by Gasteiger charge is 2.22. The first kappa shape index (κ1) is 12.6. The van der Waals surface area contributed by atoms with Gasteiger partial charge in [0.25, 0.3) is 0 Å². The predicted molar refractivity (Wildman–Crippen MR) is 67.9 cm³/mol. The third kappa shape index (κ3) is 3.30.